The second kappa shape index (κ2) is 8.06. The highest BCUT2D eigenvalue weighted by Crippen LogP contribution is 2.39. The van der Waals surface area contributed by atoms with Crippen LogP contribution in [0.4, 0.5) is 0 Å². The van der Waals surface area contributed by atoms with Crippen molar-refractivity contribution in [1.82, 2.24) is 4.98 Å². The number of H-pyrrole nitrogens is 1. The third kappa shape index (κ3) is 3.96. The SMILES string of the molecule is Cc1cc(-c2ccc3c(CC(C)C(=O)O)c[nH]c3c2)ccc1C1CCCCC1C. The molecule has 3 atom stereocenters. The molecule has 3 unspecified atom stereocenters. The van der Waals surface area contributed by atoms with Gasteiger partial charge in [-0.15, -0.1) is 0 Å². The van der Waals surface area contributed by atoms with Gasteiger partial charge >= 0.3 is 5.97 Å². The highest BCUT2D eigenvalue weighted by Gasteiger charge is 2.24. The molecule has 1 aliphatic carbocycles. The smallest absolute Gasteiger partial charge is 0.306 e. The molecule has 2 aromatic carbocycles. The average Bonchev–Trinajstić information content (AvgIpc) is 3.10. The summed E-state index contributed by atoms with van der Waals surface area (Å²) in [6, 6.07) is 13.4. The quantitative estimate of drug-likeness (QED) is 0.510. The topological polar surface area (TPSA) is 53.1 Å². The first-order valence-corrected chi connectivity index (χ1v) is 10.9. The molecule has 0 amide bonds. The largest absolute Gasteiger partial charge is 0.481 e. The van der Waals surface area contributed by atoms with Crippen molar-refractivity contribution in [3.63, 3.8) is 0 Å². The summed E-state index contributed by atoms with van der Waals surface area (Å²) in [4.78, 5) is 14.5. The van der Waals surface area contributed by atoms with Gasteiger partial charge in [0.05, 0.1) is 5.92 Å². The van der Waals surface area contributed by atoms with Crippen molar-refractivity contribution in [2.75, 3.05) is 0 Å². The molecule has 3 aromatic rings. The molecule has 3 nitrogen and oxygen atoms in total. The third-order valence-corrected chi connectivity index (χ3v) is 6.83. The average molecular weight is 390 g/mol. The van der Waals surface area contributed by atoms with E-state index in [1.54, 1.807) is 6.92 Å². The summed E-state index contributed by atoms with van der Waals surface area (Å²) in [6.45, 7) is 6.41. The molecule has 1 saturated carbocycles. The Morgan fingerprint density at radius 2 is 1.86 bits per heavy atom. The molecule has 152 valence electrons. The van der Waals surface area contributed by atoms with Crippen LogP contribution in [-0.4, -0.2) is 16.1 Å². The van der Waals surface area contributed by atoms with E-state index in [4.69, 9.17) is 0 Å². The van der Waals surface area contributed by atoms with E-state index >= 15 is 0 Å². The molecular formula is C26H31NO2. The van der Waals surface area contributed by atoms with E-state index in [9.17, 15) is 9.90 Å². The number of aryl methyl sites for hydroxylation is 1. The third-order valence-electron chi connectivity index (χ3n) is 6.83. The molecule has 29 heavy (non-hydrogen) atoms. The number of aliphatic carboxylic acids is 1. The van der Waals surface area contributed by atoms with Crippen molar-refractivity contribution < 1.29 is 9.90 Å². The van der Waals surface area contributed by atoms with Gasteiger partial charge in [-0.05, 0) is 65.5 Å². The standard InChI is InChI=1S/C26H31NO2/c1-16-6-4-5-7-22(16)23-10-8-19(12-17(23)2)20-9-11-24-21(13-18(3)26(28)29)15-27-25(24)14-20/h8-12,14-16,18,22,27H,4-7,13H2,1-3H3,(H,28,29). The van der Waals surface area contributed by atoms with Crippen LogP contribution in [0.3, 0.4) is 0 Å². The lowest BCUT2D eigenvalue weighted by molar-refractivity contribution is -0.141. The number of nitrogens with one attached hydrogen (secondary N) is 1. The zero-order valence-corrected chi connectivity index (χ0v) is 17.7. The van der Waals surface area contributed by atoms with E-state index in [-0.39, 0.29) is 5.92 Å². The van der Waals surface area contributed by atoms with E-state index < -0.39 is 5.97 Å². The van der Waals surface area contributed by atoms with Gasteiger partial charge in [-0.3, -0.25) is 4.79 Å². The van der Waals surface area contributed by atoms with Crippen molar-refractivity contribution in [1.29, 1.82) is 0 Å². The van der Waals surface area contributed by atoms with Crippen molar-refractivity contribution in [2.45, 2.75) is 58.8 Å². The zero-order valence-electron chi connectivity index (χ0n) is 17.7. The first-order chi connectivity index (χ1) is 13.9. The number of fused-ring (bicyclic) bond motifs is 1. The number of aromatic amines is 1. The maximum absolute atomic E-state index is 11.2. The normalized spacial score (nSPS) is 20.7. The Bertz CT molecular complexity index is 1030. The lowest BCUT2D eigenvalue weighted by Gasteiger charge is -2.30. The van der Waals surface area contributed by atoms with E-state index in [1.807, 2.05) is 6.20 Å². The maximum Gasteiger partial charge on any atom is 0.306 e. The summed E-state index contributed by atoms with van der Waals surface area (Å²) in [6.07, 6.45) is 7.88. The van der Waals surface area contributed by atoms with Crippen LogP contribution in [0, 0.1) is 18.8 Å². The van der Waals surface area contributed by atoms with Crippen LogP contribution in [0.2, 0.25) is 0 Å². The lowest BCUT2D eigenvalue weighted by Crippen LogP contribution is -2.15. The highest BCUT2D eigenvalue weighted by molar-refractivity contribution is 5.88. The Morgan fingerprint density at radius 3 is 2.59 bits per heavy atom. The summed E-state index contributed by atoms with van der Waals surface area (Å²) >= 11 is 0. The number of aromatic nitrogens is 1. The molecule has 0 bridgehead atoms. The second-order valence-electron chi connectivity index (χ2n) is 8.96. The van der Waals surface area contributed by atoms with Gasteiger partial charge in [-0.1, -0.05) is 63.4 Å². The molecule has 1 fully saturated rings. The van der Waals surface area contributed by atoms with Gasteiger partial charge in [0.1, 0.15) is 0 Å². The fourth-order valence-corrected chi connectivity index (χ4v) is 5.00. The van der Waals surface area contributed by atoms with Crippen LogP contribution in [0.1, 0.15) is 62.1 Å². The van der Waals surface area contributed by atoms with E-state index in [1.165, 1.54) is 47.9 Å². The van der Waals surface area contributed by atoms with E-state index in [0.717, 1.165) is 22.4 Å². The monoisotopic (exact) mass is 389 g/mol. The molecule has 1 aromatic heterocycles. The summed E-state index contributed by atoms with van der Waals surface area (Å²) in [5.74, 6) is 0.336. The van der Waals surface area contributed by atoms with Crippen LogP contribution in [0.5, 0.6) is 0 Å². The van der Waals surface area contributed by atoms with Crippen LogP contribution >= 0.6 is 0 Å². The number of hydrogen-bond acceptors (Lipinski definition) is 1. The summed E-state index contributed by atoms with van der Waals surface area (Å²) in [5.41, 5.74) is 7.49. The molecule has 0 aliphatic heterocycles. The van der Waals surface area contributed by atoms with Crippen molar-refractivity contribution in [3.05, 3.63) is 59.3 Å². The molecule has 0 spiro atoms. The second-order valence-corrected chi connectivity index (χ2v) is 8.96. The van der Waals surface area contributed by atoms with Gasteiger partial charge in [0, 0.05) is 17.1 Å². The molecule has 0 radical (unpaired) electrons. The maximum atomic E-state index is 11.2. The number of carboxylic acid groups (broad SMARTS) is 1. The molecule has 2 N–H and O–H groups in total. The van der Waals surface area contributed by atoms with Crippen LogP contribution in [-0.2, 0) is 11.2 Å². The van der Waals surface area contributed by atoms with Gasteiger partial charge < -0.3 is 10.1 Å². The van der Waals surface area contributed by atoms with E-state index in [0.29, 0.717) is 12.3 Å². The highest BCUT2D eigenvalue weighted by atomic mass is 16.4. The molecular weight excluding hydrogens is 358 g/mol. The lowest BCUT2D eigenvalue weighted by atomic mass is 9.75. The molecule has 3 heteroatoms. The zero-order chi connectivity index (χ0) is 20.5. The van der Waals surface area contributed by atoms with Crippen LogP contribution in [0.25, 0.3) is 22.0 Å². The van der Waals surface area contributed by atoms with Gasteiger partial charge in [-0.2, -0.15) is 0 Å². The predicted molar refractivity (Wildman–Crippen MR) is 119 cm³/mol. The Kier molecular flexibility index (Phi) is 5.49. The molecule has 4 rings (SSSR count). The number of rotatable bonds is 5. The Morgan fingerprint density at radius 1 is 1.14 bits per heavy atom. The van der Waals surface area contributed by atoms with Crippen LogP contribution in [0.15, 0.2) is 42.6 Å². The van der Waals surface area contributed by atoms with Crippen molar-refractivity contribution in [2.24, 2.45) is 11.8 Å². The van der Waals surface area contributed by atoms with Gasteiger partial charge in [-0.25, -0.2) is 0 Å². The number of carbonyl (C=O) groups is 1. The fraction of sp³-hybridized carbons (Fsp3) is 0.423. The van der Waals surface area contributed by atoms with Gasteiger partial charge in [0.25, 0.3) is 0 Å². The summed E-state index contributed by atoms with van der Waals surface area (Å²) < 4.78 is 0. The van der Waals surface area contributed by atoms with Crippen molar-refractivity contribution in [3.8, 4) is 11.1 Å². The Balaban J connectivity index is 1.61. The van der Waals surface area contributed by atoms with Gasteiger partial charge in [0.15, 0.2) is 0 Å². The first-order valence-electron chi connectivity index (χ1n) is 10.9. The number of hydrogen-bond donors (Lipinski definition) is 2. The minimum atomic E-state index is -0.751. The Hall–Kier alpha value is -2.55. The van der Waals surface area contributed by atoms with Crippen LogP contribution < -0.4 is 0 Å². The molecule has 1 aliphatic rings. The molecule has 0 saturated heterocycles. The van der Waals surface area contributed by atoms with Gasteiger partial charge in [0.2, 0.25) is 0 Å². The fourth-order valence-electron chi connectivity index (χ4n) is 5.00. The number of carboxylic acids is 1. The summed E-state index contributed by atoms with van der Waals surface area (Å²) in [5, 5.41) is 10.3. The minimum absolute atomic E-state index is 0.383. The summed E-state index contributed by atoms with van der Waals surface area (Å²) in [7, 11) is 0. The minimum Gasteiger partial charge on any atom is -0.481 e. The first kappa shape index (κ1) is 19.8. The number of benzene rings is 2. The van der Waals surface area contributed by atoms with E-state index in [2.05, 4.69) is 55.2 Å². The predicted octanol–water partition coefficient (Wildman–Crippen LogP) is 6.70. The Labute approximate surface area is 173 Å². The molecule has 1 heterocycles. The van der Waals surface area contributed by atoms with Crippen molar-refractivity contribution >= 4 is 16.9 Å².